The maximum Gasteiger partial charge on any atom is 0.337 e. The first kappa shape index (κ1) is 18.4. The molecule has 0 saturated carbocycles. The Hall–Kier alpha value is -1.40. The number of likely N-dealkylation sites (N-methyl/N-ethyl adjacent to an activating group) is 1. The Morgan fingerprint density at radius 2 is 2.12 bits per heavy atom. The second-order valence-corrected chi connectivity index (χ2v) is 9.17. The molecule has 2 heterocycles. The Labute approximate surface area is 153 Å². The van der Waals surface area contributed by atoms with Crippen LogP contribution in [-0.4, -0.2) is 48.1 Å². The summed E-state index contributed by atoms with van der Waals surface area (Å²) in [5.41, 5.74) is 1.27. The number of fused-ring (bicyclic) bond motifs is 1. The van der Waals surface area contributed by atoms with Gasteiger partial charge < -0.3 is 15.3 Å². The molecule has 1 amide bonds. The summed E-state index contributed by atoms with van der Waals surface area (Å²) in [6.45, 7) is 5.83. The van der Waals surface area contributed by atoms with Crippen molar-refractivity contribution in [1.29, 1.82) is 0 Å². The minimum absolute atomic E-state index is 0.0884. The van der Waals surface area contributed by atoms with Crippen molar-refractivity contribution in [2.75, 3.05) is 20.1 Å². The zero-order valence-electron chi connectivity index (χ0n) is 15.4. The number of carbonyl (C=O) groups is 2. The second-order valence-electron chi connectivity index (χ2n) is 8.06. The van der Waals surface area contributed by atoms with Gasteiger partial charge in [-0.2, -0.15) is 0 Å². The van der Waals surface area contributed by atoms with Crippen LogP contribution in [0.25, 0.3) is 0 Å². The number of piperidine rings is 1. The lowest BCUT2D eigenvalue weighted by Crippen LogP contribution is -2.48. The van der Waals surface area contributed by atoms with Crippen LogP contribution in [0.15, 0.2) is 0 Å². The summed E-state index contributed by atoms with van der Waals surface area (Å²) < 4.78 is 0. The van der Waals surface area contributed by atoms with E-state index in [1.165, 1.54) is 11.3 Å². The van der Waals surface area contributed by atoms with Gasteiger partial charge in [0.25, 0.3) is 5.91 Å². The van der Waals surface area contributed by atoms with Crippen LogP contribution >= 0.6 is 11.3 Å². The number of aryl methyl sites for hydroxylation is 1. The fraction of sp³-hybridized carbons (Fsp3) is 0.684. The number of rotatable bonds is 4. The van der Waals surface area contributed by atoms with E-state index in [9.17, 15) is 14.7 Å². The molecule has 0 spiro atoms. The summed E-state index contributed by atoms with van der Waals surface area (Å²) in [7, 11) is 1.89. The Bertz CT molecular complexity index is 678. The van der Waals surface area contributed by atoms with Crippen LogP contribution in [0, 0.1) is 5.41 Å². The van der Waals surface area contributed by atoms with E-state index in [-0.39, 0.29) is 22.9 Å². The van der Waals surface area contributed by atoms with Gasteiger partial charge in [0.1, 0.15) is 4.88 Å². The molecule has 25 heavy (non-hydrogen) atoms. The van der Waals surface area contributed by atoms with Crippen molar-refractivity contribution in [2.24, 2.45) is 5.41 Å². The number of hydrogen-bond donors (Lipinski definition) is 2. The van der Waals surface area contributed by atoms with E-state index < -0.39 is 5.97 Å². The third kappa shape index (κ3) is 3.60. The zero-order valence-corrected chi connectivity index (χ0v) is 16.2. The number of likely N-dealkylation sites (tertiary alicyclic amines) is 1. The number of carboxylic acids is 1. The van der Waals surface area contributed by atoms with Gasteiger partial charge in [0.05, 0.1) is 5.56 Å². The molecule has 3 rings (SSSR count). The van der Waals surface area contributed by atoms with E-state index in [1.807, 2.05) is 11.9 Å². The van der Waals surface area contributed by atoms with Gasteiger partial charge in [-0.05, 0) is 56.6 Å². The van der Waals surface area contributed by atoms with Gasteiger partial charge in [-0.15, -0.1) is 11.3 Å². The number of aromatic carboxylic acids is 1. The molecule has 1 saturated heterocycles. The van der Waals surface area contributed by atoms with E-state index in [0.717, 1.165) is 62.1 Å². The molecular weight excluding hydrogens is 336 g/mol. The highest BCUT2D eigenvalue weighted by molar-refractivity contribution is 7.14. The summed E-state index contributed by atoms with van der Waals surface area (Å²) in [5.74, 6) is -1.05. The Balaban J connectivity index is 1.98. The predicted molar refractivity (Wildman–Crippen MR) is 99.7 cm³/mol. The molecule has 1 aliphatic heterocycles. The largest absolute Gasteiger partial charge is 0.478 e. The van der Waals surface area contributed by atoms with E-state index in [4.69, 9.17) is 0 Å². The number of nitrogens with zero attached hydrogens (tertiary/aromatic N) is 1. The van der Waals surface area contributed by atoms with Gasteiger partial charge in [-0.25, -0.2) is 4.79 Å². The Morgan fingerprint density at radius 3 is 2.80 bits per heavy atom. The van der Waals surface area contributed by atoms with E-state index in [2.05, 4.69) is 19.2 Å². The molecule has 2 aliphatic rings. The van der Waals surface area contributed by atoms with Crippen molar-refractivity contribution < 1.29 is 14.7 Å². The minimum Gasteiger partial charge on any atom is -0.478 e. The van der Waals surface area contributed by atoms with Crippen molar-refractivity contribution in [2.45, 2.75) is 58.4 Å². The average molecular weight is 365 g/mol. The topological polar surface area (TPSA) is 69.6 Å². The highest BCUT2D eigenvalue weighted by atomic mass is 32.1. The summed E-state index contributed by atoms with van der Waals surface area (Å²) >= 11 is 1.42. The molecule has 0 aromatic carbocycles. The Morgan fingerprint density at radius 1 is 1.36 bits per heavy atom. The molecule has 0 unspecified atom stereocenters. The minimum atomic E-state index is -0.958. The van der Waals surface area contributed by atoms with Crippen LogP contribution in [-0.2, 0) is 12.8 Å². The maximum atomic E-state index is 13.2. The predicted octanol–water partition coefficient (Wildman–Crippen LogP) is 3.18. The van der Waals surface area contributed by atoms with Crippen LogP contribution in [0.4, 0.5) is 0 Å². The standard InChI is InChI=1S/C19H28N2O3S/c1-19(2)8-7-14-13(10-19)15(18(23)24)16(25-14)17(22)21-9-5-4-6-12(21)11-20-3/h12,20H,4-11H2,1-3H3,(H,23,24)/t12-/m1/s1. The summed E-state index contributed by atoms with van der Waals surface area (Å²) in [4.78, 5) is 28.7. The molecule has 1 aromatic heterocycles. The smallest absolute Gasteiger partial charge is 0.337 e. The van der Waals surface area contributed by atoms with Gasteiger partial charge in [-0.3, -0.25) is 4.79 Å². The zero-order chi connectivity index (χ0) is 18.2. The first-order chi connectivity index (χ1) is 11.8. The lowest BCUT2D eigenvalue weighted by Gasteiger charge is -2.35. The molecule has 1 aliphatic carbocycles. The molecular formula is C19H28N2O3S. The molecule has 6 heteroatoms. The first-order valence-electron chi connectivity index (χ1n) is 9.17. The van der Waals surface area contributed by atoms with Gasteiger partial charge in [0.15, 0.2) is 0 Å². The molecule has 1 fully saturated rings. The van der Waals surface area contributed by atoms with Gasteiger partial charge in [-0.1, -0.05) is 13.8 Å². The fourth-order valence-electron chi connectivity index (χ4n) is 4.14. The van der Waals surface area contributed by atoms with Gasteiger partial charge >= 0.3 is 5.97 Å². The SMILES string of the molecule is CNC[C@H]1CCCCN1C(=O)c1sc2c(c1C(=O)O)CC(C)(C)CC2. The molecule has 5 nitrogen and oxygen atoms in total. The van der Waals surface area contributed by atoms with E-state index in [0.29, 0.717) is 4.88 Å². The monoisotopic (exact) mass is 364 g/mol. The average Bonchev–Trinajstić information content (AvgIpc) is 2.92. The van der Waals surface area contributed by atoms with Crippen molar-refractivity contribution >= 4 is 23.2 Å². The number of nitrogens with one attached hydrogen (secondary N) is 1. The van der Waals surface area contributed by atoms with Crippen molar-refractivity contribution in [3.63, 3.8) is 0 Å². The number of carboxylic acid groups (broad SMARTS) is 1. The van der Waals surface area contributed by atoms with Crippen LogP contribution in [0.3, 0.4) is 0 Å². The summed E-state index contributed by atoms with van der Waals surface area (Å²) in [6, 6.07) is 0.156. The normalized spacial score (nSPS) is 22.5. The molecule has 2 N–H and O–H groups in total. The number of amides is 1. The van der Waals surface area contributed by atoms with Crippen molar-refractivity contribution in [3.05, 3.63) is 20.9 Å². The molecule has 1 aromatic rings. The molecule has 0 bridgehead atoms. The highest BCUT2D eigenvalue weighted by Gasteiger charge is 2.37. The fourth-order valence-corrected chi connectivity index (χ4v) is 5.41. The summed E-state index contributed by atoms with van der Waals surface area (Å²) in [6.07, 6.45) is 5.75. The van der Waals surface area contributed by atoms with Crippen LogP contribution in [0.5, 0.6) is 0 Å². The van der Waals surface area contributed by atoms with Crippen molar-refractivity contribution in [3.8, 4) is 0 Å². The Kier molecular flexibility index (Phi) is 5.21. The van der Waals surface area contributed by atoms with Gasteiger partial charge in [0, 0.05) is 24.0 Å². The molecule has 138 valence electrons. The number of carbonyl (C=O) groups excluding carboxylic acids is 1. The number of thiophene rings is 1. The maximum absolute atomic E-state index is 13.2. The van der Waals surface area contributed by atoms with Crippen molar-refractivity contribution in [1.82, 2.24) is 10.2 Å². The van der Waals surface area contributed by atoms with Crippen LogP contribution < -0.4 is 5.32 Å². The second kappa shape index (κ2) is 7.08. The van der Waals surface area contributed by atoms with Crippen LogP contribution in [0.2, 0.25) is 0 Å². The lowest BCUT2D eigenvalue weighted by molar-refractivity contribution is 0.0601. The van der Waals surface area contributed by atoms with E-state index >= 15 is 0 Å². The molecule has 1 atom stereocenters. The van der Waals surface area contributed by atoms with Gasteiger partial charge in [0.2, 0.25) is 0 Å². The highest BCUT2D eigenvalue weighted by Crippen LogP contribution is 2.42. The quantitative estimate of drug-likeness (QED) is 0.861. The van der Waals surface area contributed by atoms with Crippen LogP contribution in [0.1, 0.15) is 70.0 Å². The summed E-state index contributed by atoms with van der Waals surface area (Å²) in [5, 5.41) is 13.0. The molecule has 0 radical (unpaired) electrons. The van der Waals surface area contributed by atoms with E-state index in [1.54, 1.807) is 0 Å². The lowest BCUT2D eigenvalue weighted by atomic mass is 9.76. The third-order valence-corrected chi connectivity index (χ3v) is 6.79. The number of hydrogen-bond acceptors (Lipinski definition) is 4. The third-order valence-electron chi connectivity index (χ3n) is 5.51. The first-order valence-corrected chi connectivity index (χ1v) is 9.99.